The minimum Gasteiger partial charge on any atom is -0.491 e. The summed E-state index contributed by atoms with van der Waals surface area (Å²) in [5, 5.41) is 0. The maximum atomic E-state index is 14.4. The van der Waals surface area contributed by atoms with E-state index in [1.54, 1.807) is 6.92 Å². The van der Waals surface area contributed by atoms with Gasteiger partial charge in [-0.15, -0.1) is 0 Å². The van der Waals surface area contributed by atoms with E-state index in [4.69, 9.17) is 9.47 Å². The van der Waals surface area contributed by atoms with Gasteiger partial charge in [-0.25, -0.2) is 0 Å². The van der Waals surface area contributed by atoms with Crippen molar-refractivity contribution in [3.63, 3.8) is 0 Å². The molecule has 40 heavy (non-hydrogen) atoms. The summed E-state index contributed by atoms with van der Waals surface area (Å²) in [6.45, 7) is 4.78. The van der Waals surface area contributed by atoms with E-state index < -0.39 is 11.6 Å². The van der Waals surface area contributed by atoms with Crippen LogP contribution in [0.4, 0.5) is 8.78 Å². The van der Waals surface area contributed by atoms with E-state index >= 15 is 0 Å². The third kappa shape index (κ3) is 7.39. The fourth-order valence-electron chi connectivity index (χ4n) is 8.18. The summed E-state index contributed by atoms with van der Waals surface area (Å²) in [4.78, 5) is 0. The zero-order valence-corrected chi connectivity index (χ0v) is 24.8. The van der Waals surface area contributed by atoms with Gasteiger partial charge >= 0.3 is 0 Å². The molecule has 0 saturated heterocycles. The third-order valence-electron chi connectivity index (χ3n) is 10.5. The van der Waals surface area contributed by atoms with Crippen molar-refractivity contribution in [3.8, 4) is 11.5 Å². The Balaban J connectivity index is 1.02. The van der Waals surface area contributed by atoms with Gasteiger partial charge in [0.2, 0.25) is 11.6 Å². The fourth-order valence-corrected chi connectivity index (χ4v) is 8.18. The molecule has 4 atom stereocenters. The van der Waals surface area contributed by atoms with Crippen molar-refractivity contribution < 1.29 is 18.3 Å². The van der Waals surface area contributed by atoms with Gasteiger partial charge in [-0.05, 0) is 136 Å². The van der Waals surface area contributed by atoms with Crippen LogP contribution in [0.25, 0.3) is 0 Å². The first-order valence-corrected chi connectivity index (χ1v) is 16.3. The van der Waals surface area contributed by atoms with Crippen LogP contribution in [-0.2, 0) is 12.8 Å². The molecular weight excluding hydrogens is 502 g/mol. The summed E-state index contributed by atoms with van der Waals surface area (Å²) in [5.74, 6) is 2.90. The van der Waals surface area contributed by atoms with Crippen LogP contribution in [-0.4, -0.2) is 13.2 Å². The van der Waals surface area contributed by atoms with Crippen LogP contribution < -0.4 is 9.47 Å². The van der Waals surface area contributed by atoms with Crippen LogP contribution in [0.5, 0.6) is 11.5 Å². The highest BCUT2D eigenvalue weighted by molar-refractivity contribution is 5.35. The minimum atomic E-state index is -0.951. The largest absolute Gasteiger partial charge is 0.491 e. The number of hydrogen-bond acceptors (Lipinski definition) is 2. The molecule has 0 spiro atoms. The Morgan fingerprint density at radius 3 is 1.77 bits per heavy atom. The van der Waals surface area contributed by atoms with Crippen molar-refractivity contribution >= 4 is 0 Å². The molecule has 0 heterocycles. The van der Waals surface area contributed by atoms with E-state index in [0.29, 0.717) is 19.1 Å². The molecule has 2 nitrogen and oxygen atoms in total. The molecule has 0 aliphatic heterocycles. The SMILES string of the molecule is CCCc1ccc(CCC2CCC(C3CCC4CC(COc5ccc(OCC)c(F)c5F)CCC4C3)CC2)cc1. The summed E-state index contributed by atoms with van der Waals surface area (Å²) in [6.07, 6.45) is 18.4. The molecular formula is C36H50F2O2. The Morgan fingerprint density at radius 2 is 1.12 bits per heavy atom. The number of ether oxygens (including phenoxy) is 2. The summed E-state index contributed by atoms with van der Waals surface area (Å²) >= 11 is 0. The lowest BCUT2D eigenvalue weighted by Gasteiger charge is -2.45. The molecule has 2 aromatic carbocycles. The lowest BCUT2D eigenvalue weighted by atomic mass is 9.61. The Bertz CT molecular complexity index is 1060. The Hall–Kier alpha value is -2.10. The highest BCUT2D eigenvalue weighted by Crippen LogP contribution is 2.49. The lowest BCUT2D eigenvalue weighted by molar-refractivity contribution is 0.0478. The van der Waals surface area contributed by atoms with Gasteiger partial charge in [-0.2, -0.15) is 8.78 Å². The molecule has 0 amide bonds. The van der Waals surface area contributed by atoms with Crippen LogP contribution in [0.3, 0.4) is 0 Å². The van der Waals surface area contributed by atoms with Gasteiger partial charge in [0.05, 0.1) is 13.2 Å². The summed E-state index contributed by atoms with van der Waals surface area (Å²) in [7, 11) is 0. The average molecular weight is 553 g/mol. The number of fused-ring (bicyclic) bond motifs is 1. The predicted molar refractivity (Wildman–Crippen MR) is 159 cm³/mol. The van der Waals surface area contributed by atoms with Crippen molar-refractivity contribution in [1.82, 2.24) is 0 Å². The van der Waals surface area contributed by atoms with Crippen molar-refractivity contribution in [3.05, 3.63) is 59.2 Å². The normalized spacial score (nSPS) is 28.6. The van der Waals surface area contributed by atoms with Crippen molar-refractivity contribution in [2.75, 3.05) is 13.2 Å². The zero-order valence-electron chi connectivity index (χ0n) is 24.8. The number of aryl methyl sites for hydroxylation is 2. The van der Waals surface area contributed by atoms with Gasteiger partial charge in [0, 0.05) is 0 Å². The van der Waals surface area contributed by atoms with E-state index in [-0.39, 0.29) is 11.5 Å². The van der Waals surface area contributed by atoms with E-state index in [1.165, 1.54) is 107 Å². The maximum Gasteiger partial charge on any atom is 0.204 e. The van der Waals surface area contributed by atoms with Gasteiger partial charge < -0.3 is 9.47 Å². The molecule has 2 aromatic rings. The quantitative estimate of drug-likeness (QED) is 0.276. The van der Waals surface area contributed by atoms with Crippen molar-refractivity contribution in [2.45, 2.75) is 104 Å². The molecule has 3 fully saturated rings. The topological polar surface area (TPSA) is 18.5 Å². The van der Waals surface area contributed by atoms with Gasteiger partial charge in [-0.3, -0.25) is 0 Å². The highest BCUT2D eigenvalue weighted by atomic mass is 19.2. The molecule has 5 rings (SSSR count). The summed E-state index contributed by atoms with van der Waals surface area (Å²) in [6, 6.07) is 12.3. The first-order valence-electron chi connectivity index (χ1n) is 16.3. The van der Waals surface area contributed by atoms with E-state index in [2.05, 4.69) is 31.2 Å². The molecule has 4 unspecified atom stereocenters. The molecule has 3 saturated carbocycles. The Labute approximate surface area is 241 Å². The molecule has 3 aliphatic rings. The number of benzene rings is 2. The van der Waals surface area contributed by atoms with Gasteiger partial charge in [0.1, 0.15) is 0 Å². The second kappa shape index (κ2) is 14.2. The second-order valence-corrected chi connectivity index (χ2v) is 13.1. The molecule has 0 aromatic heterocycles. The Kier molecular flexibility index (Phi) is 10.4. The number of halogens is 2. The van der Waals surface area contributed by atoms with E-state index in [0.717, 1.165) is 36.0 Å². The number of rotatable bonds is 11. The van der Waals surface area contributed by atoms with Crippen LogP contribution in [0.1, 0.15) is 102 Å². The fraction of sp³-hybridized carbons (Fsp3) is 0.667. The maximum absolute atomic E-state index is 14.4. The minimum absolute atomic E-state index is 0.00673. The second-order valence-electron chi connectivity index (χ2n) is 13.1. The molecule has 0 bridgehead atoms. The van der Waals surface area contributed by atoms with Gasteiger partial charge in [0.15, 0.2) is 11.5 Å². The van der Waals surface area contributed by atoms with Crippen molar-refractivity contribution in [2.24, 2.45) is 35.5 Å². The monoisotopic (exact) mass is 552 g/mol. The predicted octanol–water partition coefficient (Wildman–Crippen LogP) is 9.97. The molecule has 0 N–H and O–H groups in total. The zero-order chi connectivity index (χ0) is 27.9. The van der Waals surface area contributed by atoms with Gasteiger partial charge in [-0.1, -0.05) is 50.5 Å². The molecule has 220 valence electrons. The summed E-state index contributed by atoms with van der Waals surface area (Å²) < 4.78 is 39.6. The smallest absolute Gasteiger partial charge is 0.204 e. The van der Waals surface area contributed by atoms with Crippen LogP contribution in [0.15, 0.2) is 36.4 Å². The first-order chi connectivity index (χ1) is 19.5. The van der Waals surface area contributed by atoms with Crippen LogP contribution in [0, 0.1) is 47.1 Å². The summed E-state index contributed by atoms with van der Waals surface area (Å²) in [5.41, 5.74) is 2.98. The van der Waals surface area contributed by atoms with E-state index in [1.807, 2.05) is 0 Å². The standard InChI is InChI=1S/C36H50F2O2/c1-3-5-25-6-8-26(9-7-25)10-11-27-12-15-29(16-13-27)31-19-18-30-22-28(14-17-32(30)23-31)24-40-34-21-20-33(39-4-2)35(37)36(34)38/h6-9,20-21,27-32H,3-5,10-19,22-24H2,1-2H3. The molecule has 0 radical (unpaired) electrons. The average Bonchev–Trinajstić information content (AvgIpc) is 2.99. The van der Waals surface area contributed by atoms with Crippen LogP contribution in [0.2, 0.25) is 0 Å². The molecule has 4 heteroatoms. The van der Waals surface area contributed by atoms with E-state index in [9.17, 15) is 8.78 Å². The highest BCUT2D eigenvalue weighted by Gasteiger charge is 2.39. The van der Waals surface area contributed by atoms with Crippen LogP contribution >= 0.6 is 0 Å². The Morgan fingerprint density at radius 1 is 0.600 bits per heavy atom. The first kappa shape index (κ1) is 29.4. The third-order valence-corrected chi connectivity index (χ3v) is 10.5. The van der Waals surface area contributed by atoms with Gasteiger partial charge in [0.25, 0.3) is 0 Å². The lowest BCUT2D eigenvalue weighted by Crippen LogP contribution is -2.35. The number of hydrogen-bond donors (Lipinski definition) is 0. The molecule has 3 aliphatic carbocycles. The van der Waals surface area contributed by atoms with Crippen molar-refractivity contribution in [1.29, 1.82) is 0 Å².